The predicted octanol–water partition coefficient (Wildman–Crippen LogP) is 19.8. The fraction of sp³-hybridized carbons (Fsp3) is 0. The highest BCUT2D eigenvalue weighted by Crippen LogP contribution is 2.49. The van der Waals surface area contributed by atoms with Gasteiger partial charge in [-0.2, -0.15) is 0 Å². The molecule has 0 amide bonds. The molecule has 1 heterocycles. The van der Waals surface area contributed by atoms with Crippen LogP contribution in [0.1, 0.15) is 0 Å². The lowest BCUT2D eigenvalue weighted by Crippen LogP contribution is -2.13. The molecule has 0 radical (unpaired) electrons. The Kier molecular flexibility index (Phi) is 11.1. The van der Waals surface area contributed by atoms with Gasteiger partial charge in [0, 0.05) is 77.8 Å². The van der Waals surface area contributed by atoms with E-state index >= 15 is 0 Å². The topological polar surface area (TPSA) is 26.1 Å². The number of hydrogen-bond acceptors (Lipinski definition) is 5. The zero-order valence-corrected chi connectivity index (χ0v) is 39.9. The van der Waals surface area contributed by atoms with Gasteiger partial charge in [-0.05, 0) is 133 Å². The van der Waals surface area contributed by atoms with Gasteiger partial charge in [0.15, 0.2) is 0 Å². The molecule has 0 N–H and O–H groups in total. The van der Waals surface area contributed by atoms with E-state index in [9.17, 15) is 0 Å². The van der Waals surface area contributed by atoms with E-state index < -0.39 is 0 Å². The molecule has 346 valence electrons. The van der Waals surface area contributed by atoms with Crippen molar-refractivity contribution < 1.29 is 4.42 Å². The Morgan fingerprint density at radius 1 is 0.178 bits per heavy atom. The SMILES string of the molecule is c1ccc(N(c2ccccc2)c2ccc(N(c3ccccc3)c3ccc4oc5ccc(N(c6ccccc6)c6ccc(N(c7ccccc7)c7ccccc7)c7ccccc67)cc5c4c3)c3ccccc23)cc1. The maximum absolute atomic E-state index is 6.69. The number of rotatable bonds is 12. The summed E-state index contributed by atoms with van der Waals surface area (Å²) in [6, 6.07) is 104. The predicted molar refractivity (Wildman–Crippen MR) is 307 cm³/mol. The van der Waals surface area contributed by atoms with Gasteiger partial charge in [-0.1, -0.05) is 158 Å². The smallest absolute Gasteiger partial charge is 0.135 e. The van der Waals surface area contributed by atoms with Crippen LogP contribution >= 0.6 is 0 Å². The molecular formula is C68H48N4O. The van der Waals surface area contributed by atoms with Gasteiger partial charge in [0.2, 0.25) is 0 Å². The van der Waals surface area contributed by atoms with E-state index in [0.29, 0.717) is 0 Å². The van der Waals surface area contributed by atoms with E-state index in [2.05, 4.69) is 311 Å². The summed E-state index contributed by atoms with van der Waals surface area (Å²) >= 11 is 0. The van der Waals surface area contributed by atoms with Gasteiger partial charge in [0.05, 0.1) is 22.7 Å². The Hall–Kier alpha value is -9.84. The van der Waals surface area contributed by atoms with Gasteiger partial charge in [0.1, 0.15) is 11.2 Å². The fourth-order valence-corrected chi connectivity index (χ4v) is 10.5. The van der Waals surface area contributed by atoms with Gasteiger partial charge in [-0.15, -0.1) is 0 Å². The van der Waals surface area contributed by atoms with Gasteiger partial charge in [-0.3, -0.25) is 0 Å². The number of fused-ring (bicyclic) bond motifs is 5. The van der Waals surface area contributed by atoms with E-state index in [4.69, 9.17) is 4.42 Å². The molecule has 1 aromatic heterocycles. The fourth-order valence-electron chi connectivity index (χ4n) is 10.5. The average Bonchev–Trinajstić information content (AvgIpc) is 3.84. The summed E-state index contributed by atoms with van der Waals surface area (Å²) in [5.74, 6) is 0. The zero-order valence-electron chi connectivity index (χ0n) is 39.9. The number of nitrogens with zero attached hydrogens (tertiary/aromatic N) is 4. The van der Waals surface area contributed by atoms with E-state index in [1.54, 1.807) is 0 Å². The Bertz CT molecular complexity index is 3690. The molecule has 12 aromatic carbocycles. The van der Waals surface area contributed by atoms with Crippen LogP contribution in [0, 0.1) is 0 Å². The minimum absolute atomic E-state index is 0.827. The summed E-state index contributed by atoms with van der Waals surface area (Å²) < 4.78 is 6.69. The average molecular weight is 937 g/mol. The lowest BCUT2D eigenvalue weighted by atomic mass is 10.0. The Balaban J connectivity index is 0.964. The van der Waals surface area contributed by atoms with Crippen molar-refractivity contribution in [3.63, 3.8) is 0 Å². The molecule has 0 saturated heterocycles. The third-order valence-electron chi connectivity index (χ3n) is 13.8. The zero-order chi connectivity index (χ0) is 48.5. The van der Waals surface area contributed by atoms with Gasteiger partial charge in [-0.25, -0.2) is 0 Å². The van der Waals surface area contributed by atoms with Crippen LogP contribution in [0.4, 0.5) is 68.2 Å². The van der Waals surface area contributed by atoms with Crippen molar-refractivity contribution in [1.29, 1.82) is 0 Å². The Morgan fingerprint density at radius 3 is 0.644 bits per heavy atom. The van der Waals surface area contributed by atoms with E-state index in [0.717, 1.165) is 112 Å². The van der Waals surface area contributed by atoms with Gasteiger partial charge in [0.25, 0.3) is 0 Å². The van der Waals surface area contributed by atoms with Crippen LogP contribution in [0.25, 0.3) is 43.5 Å². The monoisotopic (exact) mass is 936 g/mol. The number of para-hydroxylation sites is 6. The van der Waals surface area contributed by atoms with Crippen LogP contribution in [0.2, 0.25) is 0 Å². The minimum Gasteiger partial charge on any atom is -0.456 e. The molecule has 0 unspecified atom stereocenters. The first kappa shape index (κ1) is 43.2. The van der Waals surface area contributed by atoms with Crippen molar-refractivity contribution in [3.05, 3.63) is 291 Å². The second kappa shape index (κ2) is 18.8. The highest BCUT2D eigenvalue weighted by atomic mass is 16.3. The van der Waals surface area contributed by atoms with Gasteiger partial charge >= 0.3 is 0 Å². The lowest BCUT2D eigenvalue weighted by molar-refractivity contribution is 0.669. The molecule has 5 nitrogen and oxygen atoms in total. The molecule has 0 aliphatic heterocycles. The van der Waals surface area contributed by atoms with Crippen LogP contribution in [0.5, 0.6) is 0 Å². The van der Waals surface area contributed by atoms with Crippen LogP contribution in [-0.4, -0.2) is 0 Å². The molecular weight excluding hydrogens is 889 g/mol. The molecule has 73 heavy (non-hydrogen) atoms. The summed E-state index contributed by atoms with van der Waals surface area (Å²) in [6.07, 6.45) is 0. The second-order valence-electron chi connectivity index (χ2n) is 18.1. The Morgan fingerprint density at radius 2 is 0.397 bits per heavy atom. The molecule has 0 fully saturated rings. The molecule has 13 rings (SSSR count). The number of anilines is 12. The maximum Gasteiger partial charge on any atom is 0.135 e. The first-order chi connectivity index (χ1) is 36.2. The highest BCUT2D eigenvalue weighted by molar-refractivity contribution is 6.12. The standard InChI is InChI=1S/C68H48N4O/c1-7-23-49(24-8-1)69(50-25-9-2-10-26-50)63-41-43-65(59-37-21-19-35-57(59)63)71(53-31-15-5-16-32-53)55-39-45-67-61(47-55)62-48-56(40-46-68(62)73-67)72(54-33-17-6-18-34-54)66-44-42-64(58-36-20-22-38-60(58)66)70(51-27-11-3-12-28-51)52-29-13-4-14-30-52/h1-48H. The lowest BCUT2D eigenvalue weighted by Gasteiger charge is -2.30. The van der Waals surface area contributed by atoms with Crippen LogP contribution in [-0.2, 0) is 0 Å². The molecule has 13 aromatic rings. The quantitative estimate of drug-likeness (QED) is 0.122. The normalized spacial score (nSPS) is 11.3. The third kappa shape index (κ3) is 7.96. The van der Waals surface area contributed by atoms with Crippen molar-refractivity contribution in [2.45, 2.75) is 0 Å². The molecule has 0 spiro atoms. The number of hydrogen-bond donors (Lipinski definition) is 0. The van der Waals surface area contributed by atoms with Crippen molar-refractivity contribution in [3.8, 4) is 0 Å². The molecule has 0 aliphatic carbocycles. The summed E-state index contributed by atoms with van der Waals surface area (Å²) in [7, 11) is 0. The number of benzene rings is 12. The molecule has 5 heteroatoms. The summed E-state index contributed by atoms with van der Waals surface area (Å²) in [4.78, 5) is 9.45. The molecule has 0 atom stereocenters. The molecule has 0 saturated carbocycles. The van der Waals surface area contributed by atoms with Gasteiger partial charge < -0.3 is 24.0 Å². The largest absolute Gasteiger partial charge is 0.456 e. The van der Waals surface area contributed by atoms with Crippen LogP contribution in [0.15, 0.2) is 296 Å². The summed E-state index contributed by atoms with van der Waals surface area (Å²) in [5, 5.41) is 6.61. The van der Waals surface area contributed by atoms with E-state index in [-0.39, 0.29) is 0 Å². The Labute approximate surface area is 424 Å². The molecule has 0 aliphatic rings. The van der Waals surface area contributed by atoms with Crippen LogP contribution < -0.4 is 19.6 Å². The van der Waals surface area contributed by atoms with Crippen molar-refractivity contribution in [2.75, 3.05) is 19.6 Å². The maximum atomic E-state index is 6.69. The van der Waals surface area contributed by atoms with Crippen molar-refractivity contribution in [2.24, 2.45) is 0 Å². The first-order valence-corrected chi connectivity index (χ1v) is 24.8. The second-order valence-corrected chi connectivity index (χ2v) is 18.1. The third-order valence-corrected chi connectivity index (χ3v) is 13.8. The van der Waals surface area contributed by atoms with E-state index in [1.807, 2.05) is 0 Å². The van der Waals surface area contributed by atoms with Crippen LogP contribution in [0.3, 0.4) is 0 Å². The first-order valence-electron chi connectivity index (χ1n) is 24.8. The van der Waals surface area contributed by atoms with Crippen molar-refractivity contribution >= 4 is 112 Å². The highest BCUT2D eigenvalue weighted by Gasteiger charge is 2.24. The minimum atomic E-state index is 0.827. The van der Waals surface area contributed by atoms with Crippen molar-refractivity contribution in [1.82, 2.24) is 0 Å². The summed E-state index contributed by atoms with van der Waals surface area (Å²) in [6.45, 7) is 0. The molecule has 0 bridgehead atoms. The number of furan rings is 1. The summed E-state index contributed by atoms with van der Waals surface area (Å²) in [5.41, 5.74) is 14.5. The van der Waals surface area contributed by atoms with E-state index in [1.165, 1.54) is 0 Å².